The molecule has 1 aliphatic rings. The number of carbonyl (C=O) groups is 2. The van der Waals surface area contributed by atoms with Gasteiger partial charge in [-0.1, -0.05) is 36.2 Å². The molecule has 7 heteroatoms. The van der Waals surface area contributed by atoms with E-state index in [1.54, 1.807) is 0 Å². The van der Waals surface area contributed by atoms with E-state index in [0.29, 0.717) is 23.7 Å². The fourth-order valence-corrected chi connectivity index (χ4v) is 4.56. The van der Waals surface area contributed by atoms with E-state index in [4.69, 9.17) is 26.8 Å². The number of ether oxygens (including phenoxy) is 2. The Kier molecular flexibility index (Phi) is 6.18. The van der Waals surface area contributed by atoms with Gasteiger partial charge in [-0.15, -0.1) is 0 Å². The average molecular weight is 441 g/mol. The fourth-order valence-electron chi connectivity index (χ4n) is 4.43. The Morgan fingerprint density at radius 1 is 1.16 bits per heavy atom. The molecular weight excluding hydrogens is 416 g/mol. The van der Waals surface area contributed by atoms with E-state index in [9.17, 15) is 9.59 Å². The van der Waals surface area contributed by atoms with Gasteiger partial charge >= 0.3 is 5.97 Å². The molecule has 1 unspecified atom stereocenters. The van der Waals surface area contributed by atoms with Gasteiger partial charge in [-0.3, -0.25) is 4.79 Å². The van der Waals surface area contributed by atoms with Crippen LogP contribution in [0.4, 0.5) is 0 Å². The first-order valence-electron chi connectivity index (χ1n) is 10.4. The van der Waals surface area contributed by atoms with E-state index < -0.39 is 11.9 Å². The summed E-state index contributed by atoms with van der Waals surface area (Å²) in [6.45, 7) is 0.433. The molecule has 0 aliphatic heterocycles. The van der Waals surface area contributed by atoms with Crippen LogP contribution < -0.4 is 10.5 Å². The molecule has 0 spiro atoms. The summed E-state index contributed by atoms with van der Waals surface area (Å²) in [7, 11) is 1.32. The molecule has 0 bridgehead atoms. The number of nitrogens with zero attached hydrogens (tertiary/aromatic N) is 1. The normalized spacial score (nSPS) is 15.9. The van der Waals surface area contributed by atoms with Crippen LogP contribution in [0.3, 0.4) is 0 Å². The third-order valence-corrected chi connectivity index (χ3v) is 6.13. The Morgan fingerprint density at radius 2 is 1.94 bits per heavy atom. The van der Waals surface area contributed by atoms with Crippen molar-refractivity contribution in [2.45, 2.75) is 38.1 Å². The Hall–Kier alpha value is -2.99. The van der Waals surface area contributed by atoms with E-state index in [0.717, 1.165) is 47.0 Å². The lowest BCUT2D eigenvalue weighted by atomic mass is 9.92. The van der Waals surface area contributed by atoms with Crippen LogP contribution in [0.2, 0.25) is 5.02 Å². The van der Waals surface area contributed by atoms with E-state index in [-0.39, 0.29) is 12.5 Å². The number of fused-ring (bicyclic) bond motifs is 3. The van der Waals surface area contributed by atoms with Gasteiger partial charge in [0.15, 0.2) is 6.61 Å². The van der Waals surface area contributed by atoms with E-state index in [2.05, 4.69) is 4.57 Å². The van der Waals surface area contributed by atoms with E-state index in [1.165, 1.54) is 7.11 Å². The fraction of sp³-hybridized carbons (Fsp3) is 0.333. The molecule has 0 radical (unpaired) electrons. The minimum absolute atomic E-state index is 0.200. The molecule has 3 aromatic rings. The molecule has 1 aromatic heterocycles. The predicted molar refractivity (Wildman–Crippen MR) is 119 cm³/mol. The second kappa shape index (κ2) is 9.02. The summed E-state index contributed by atoms with van der Waals surface area (Å²) in [5.74, 6) is -0.636. The smallest absolute Gasteiger partial charge is 0.343 e. The topological polar surface area (TPSA) is 83.6 Å². The van der Waals surface area contributed by atoms with E-state index in [1.807, 2.05) is 42.5 Å². The lowest BCUT2D eigenvalue weighted by molar-refractivity contribution is -0.142. The lowest BCUT2D eigenvalue weighted by Crippen LogP contribution is -2.21. The number of primary amides is 1. The van der Waals surface area contributed by atoms with Gasteiger partial charge in [-0.25, -0.2) is 4.79 Å². The molecule has 1 heterocycles. The molecule has 1 atom stereocenters. The maximum atomic E-state index is 12.4. The number of rotatable bonds is 6. The highest BCUT2D eigenvalue weighted by Crippen LogP contribution is 2.42. The number of methoxy groups -OCH3 is 1. The number of amides is 1. The van der Waals surface area contributed by atoms with Gasteiger partial charge in [-0.2, -0.15) is 0 Å². The summed E-state index contributed by atoms with van der Waals surface area (Å²) in [5.41, 5.74) is 9.92. The molecule has 2 N–H and O–H groups in total. The summed E-state index contributed by atoms with van der Waals surface area (Å²) < 4.78 is 12.8. The highest BCUT2D eigenvalue weighted by atomic mass is 35.5. The molecular formula is C24H25ClN2O4. The van der Waals surface area contributed by atoms with Gasteiger partial charge in [0, 0.05) is 22.6 Å². The van der Waals surface area contributed by atoms with Gasteiger partial charge in [0.1, 0.15) is 5.75 Å². The number of carbonyl (C=O) groups excluding carboxylic acids is 2. The number of aromatic nitrogens is 1. The minimum atomic E-state index is -0.463. The second-order valence-corrected chi connectivity index (χ2v) is 8.23. The molecule has 1 amide bonds. The number of nitrogens with two attached hydrogens (primary N) is 1. The molecule has 6 nitrogen and oxygen atoms in total. The first-order valence-corrected chi connectivity index (χ1v) is 10.7. The summed E-state index contributed by atoms with van der Waals surface area (Å²) in [6, 6.07) is 13.5. The molecule has 31 heavy (non-hydrogen) atoms. The van der Waals surface area contributed by atoms with Gasteiger partial charge in [0.05, 0.1) is 18.5 Å². The lowest BCUT2D eigenvalue weighted by Gasteiger charge is -2.14. The SMILES string of the molecule is COC(=O)COc1cccc2c1c1c(n2Cc2ccc(Cl)cc2)CCCCC1C(N)=O. The molecule has 1 aliphatic carbocycles. The van der Waals surface area contributed by atoms with Crippen molar-refractivity contribution in [3.63, 3.8) is 0 Å². The second-order valence-electron chi connectivity index (χ2n) is 7.79. The van der Waals surface area contributed by atoms with Crippen molar-refractivity contribution in [1.82, 2.24) is 4.57 Å². The van der Waals surface area contributed by atoms with Crippen LogP contribution >= 0.6 is 11.6 Å². The van der Waals surface area contributed by atoms with Gasteiger partial charge in [0.25, 0.3) is 0 Å². The van der Waals surface area contributed by atoms with E-state index >= 15 is 0 Å². The zero-order valence-corrected chi connectivity index (χ0v) is 18.2. The number of benzene rings is 2. The quantitative estimate of drug-likeness (QED) is 0.460. The standard InChI is InChI=1S/C24H25ClN2O4/c1-30-21(28)14-31-20-8-4-7-19-23(20)22-17(24(26)29)5-2-3-6-18(22)27(19)13-15-9-11-16(25)12-10-15/h4,7-12,17H,2-3,5-6,13-14H2,1H3,(H2,26,29). The van der Waals surface area contributed by atoms with Crippen LogP contribution in [-0.2, 0) is 27.3 Å². The molecule has 2 aromatic carbocycles. The van der Waals surface area contributed by atoms with Crippen LogP contribution in [0, 0.1) is 0 Å². The third kappa shape index (κ3) is 4.26. The summed E-state index contributed by atoms with van der Waals surface area (Å²) in [5, 5.41) is 1.54. The zero-order valence-electron chi connectivity index (χ0n) is 17.4. The van der Waals surface area contributed by atoms with Gasteiger partial charge in [0.2, 0.25) is 5.91 Å². The average Bonchev–Trinajstić information content (AvgIpc) is 2.92. The molecule has 162 valence electrons. The van der Waals surface area contributed by atoms with Crippen LogP contribution in [-0.4, -0.2) is 30.2 Å². The van der Waals surface area contributed by atoms with Crippen LogP contribution in [0.15, 0.2) is 42.5 Å². The molecule has 0 saturated heterocycles. The maximum Gasteiger partial charge on any atom is 0.343 e. The number of hydrogen-bond donors (Lipinski definition) is 1. The highest BCUT2D eigenvalue weighted by Gasteiger charge is 2.31. The molecule has 0 fully saturated rings. The summed E-state index contributed by atoms with van der Waals surface area (Å²) in [6.07, 6.45) is 3.45. The van der Waals surface area contributed by atoms with Crippen LogP contribution in [0.5, 0.6) is 5.75 Å². The van der Waals surface area contributed by atoms with Crippen molar-refractivity contribution in [3.8, 4) is 5.75 Å². The van der Waals surface area contributed by atoms with Crippen molar-refractivity contribution >= 4 is 34.4 Å². The Labute approximate surface area is 185 Å². The van der Waals surface area contributed by atoms with Gasteiger partial charge in [-0.05, 0) is 54.7 Å². The van der Waals surface area contributed by atoms with Gasteiger partial charge < -0.3 is 19.8 Å². The number of halogens is 1. The molecule has 4 rings (SSSR count). The van der Waals surface area contributed by atoms with Crippen LogP contribution in [0.25, 0.3) is 10.9 Å². The largest absolute Gasteiger partial charge is 0.481 e. The molecule has 0 saturated carbocycles. The summed E-state index contributed by atoms with van der Waals surface area (Å²) >= 11 is 6.06. The third-order valence-electron chi connectivity index (χ3n) is 5.88. The highest BCUT2D eigenvalue weighted by molar-refractivity contribution is 6.30. The summed E-state index contributed by atoms with van der Waals surface area (Å²) in [4.78, 5) is 24.1. The predicted octanol–water partition coefficient (Wildman–Crippen LogP) is 4.19. The van der Waals surface area contributed by atoms with Crippen molar-refractivity contribution in [1.29, 1.82) is 0 Å². The van der Waals surface area contributed by atoms with Crippen molar-refractivity contribution in [2.24, 2.45) is 5.73 Å². The maximum absolute atomic E-state index is 12.4. The van der Waals surface area contributed by atoms with Crippen molar-refractivity contribution in [3.05, 3.63) is 64.3 Å². The number of esters is 1. The first-order chi connectivity index (χ1) is 15.0. The Morgan fingerprint density at radius 3 is 2.65 bits per heavy atom. The van der Waals surface area contributed by atoms with Crippen LogP contribution in [0.1, 0.15) is 42.0 Å². The zero-order chi connectivity index (χ0) is 22.0. The Balaban J connectivity index is 1.90. The monoisotopic (exact) mass is 440 g/mol. The van der Waals surface area contributed by atoms with Crippen molar-refractivity contribution in [2.75, 3.05) is 13.7 Å². The Bertz CT molecular complexity index is 1120. The number of hydrogen-bond acceptors (Lipinski definition) is 4. The first kappa shape index (κ1) is 21.2. The van der Waals surface area contributed by atoms with Crippen molar-refractivity contribution < 1.29 is 19.1 Å². The minimum Gasteiger partial charge on any atom is -0.481 e.